The van der Waals surface area contributed by atoms with Crippen molar-refractivity contribution in [2.24, 2.45) is 23.0 Å². The number of piperidine rings is 1. The van der Waals surface area contributed by atoms with Crippen molar-refractivity contribution in [3.8, 4) is 0 Å². The molecule has 2 saturated heterocycles. The lowest BCUT2D eigenvalue weighted by Crippen LogP contribution is -2.72. The van der Waals surface area contributed by atoms with E-state index < -0.39 is 11.5 Å². The molecule has 1 aromatic carbocycles. The second-order valence-corrected chi connectivity index (χ2v) is 12.1. The summed E-state index contributed by atoms with van der Waals surface area (Å²) in [6, 6.07) is 8.16. The van der Waals surface area contributed by atoms with Crippen LogP contribution in [0.15, 0.2) is 40.8 Å². The summed E-state index contributed by atoms with van der Waals surface area (Å²) in [5, 5.41) is 9.42. The summed E-state index contributed by atoms with van der Waals surface area (Å²) in [6.45, 7) is 3.42. The number of carboxylic acid groups (broad SMARTS) is 1. The van der Waals surface area contributed by atoms with Crippen LogP contribution >= 0.6 is 0 Å². The molecule has 8 rings (SSSR count). The van der Waals surface area contributed by atoms with Gasteiger partial charge in [0.2, 0.25) is 0 Å². The van der Waals surface area contributed by atoms with Crippen molar-refractivity contribution in [3.63, 3.8) is 0 Å². The SMILES string of the molecule is C[C@@H](C[C@@H]1CCCCN1C=C1C2CC1C21CC1)n1c(=O)c(N2CC(N)(C(=O)O)C2)nc2ccccc21. The highest BCUT2D eigenvalue weighted by Crippen LogP contribution is 2.82. The highest BCUT2D eigenvalue weighted by molar-refractivity contribution is 5.84. The standard InChI is InChI=1S/C28H35N5O3/c1-17(12-18-6-4-5-11-31(18)14-19-20-13-21(19)27(20)9-10-27)33-23-8-3-2-7-22(23)30-24(25(33)34)32-15-28(29,16-32)26(35)36/h2-3,7-8,14,17-18,20-21H,4-6,9-13,15-16,29H2,1H3,(H,35,36)/t17-,18-,20?,21?/m0/s1. The fourth-order valence-corrected chi connectivity index (χ4v) is 7.57. The van der Waals surface area contributed by atoms with Crippen LogP contribution in [-0.2, 0) is 4.79 Å². The minimum absolute atomic E-state index is 0.0118. The van der Waals surface area contributed by atoms with Crippen molar-refractivity contribution < 1.29 is 9.90 Å². The lowest BCUT2D eigenvalue weighted by atomic mass is 9.42. The smallest absolute Gasteiger partial charge is 0.327 e. The second kappa shape index (κ2) is 7.57. The zero-order chi connectivity index (χ0) is 24.8. The monoisotopic (exact) mass is 489 g/mol. The van der Waals surface area contributed by atoms with E-state index in [0.717, 1.165) is 47.7 Å². The molecule has 4 aliphatic carbocycles. The number of nitrogens with zero attached hydrogens (tertiary/aromatic N) is 4. The molecule has 190 valence electrons. The summed E-state index contributed by atoms with van der Waals surface area (Å²) in [4.78, 5) is 34.2. The molecule has 8 nitrogen and oxygen atoms in total. The Balaban J connectivity index is 1.17. The van der Waals surface area contributed by atoms with Gasteiger partial charge in [-0.15, -0.1) is 0 Å². The average molecular weight is 490 g/mol. The van der Waals surface area contributed by atoms with Crippen LogP contribution in [-0.4, -0.2) is 56.7 Å². The lowest BCUT2D eigenvalue weighted by molar-refractivity contribution is -0.144. The molecule has 1 spiro atoms. The maximum atomic E-state index is 13.8. The predicted molar refractivity (Wildman–Crippen MR) is 138 cm³/mol. The van der Waals surface area contributed by atoms with Gasteiger partial charge in [-0.05, 0) is 93.0 Å². The number of likely N-dealkylation sites (tertiary alicyclic amines) is 1. The van der Waals surface area contributed by atoms with Crippen LogP contribution in [0.1, 0.15) is 57.9 Å². The van der Waals surface area contributed by atoms with Gasteiger partial charge in [-0.2, -0.15) is 0 Å². The number of benzene rings is 1. The number of hydrogen-bond acceptors (Lipinski definition) is 6. The summed E-state index contributed by atoms with van der Waals surface area (Å²) in [7, 11) is 0. The van der Waals surface area contributed by atoms with Gasteiger partial charge in [0.15, 0.2) is 5.82 Å². The van der Waals surface area contributed by atoms with E-state index in [1.54, 1.807) is 10.5 Å². The van der Waals surface area contributed by atoms with Gasteiger partial charge >= 0.3 is 5.97 Å². The first kappa shape index (κ1) is 22.3. The molecule has 3 heterocycles. The normalized spacial score (nSPS) is 29.8. The molecule has 0 radical (unpaired) electrons. The van der Waals surface area contributed by atoms with Gasteiger partial charge in [0.25, 0.3) is 5.56 Å². The van der Waals surface area contributed by atoms with Crippen LogP contribution in [0.2, 0.25) is 0 Å². The van der Waals surface area contributed by atoms with Gasteiger partial charge in [0.1, 0.15) is 5.54 Å². The highest BCUT2D eigenvalue weighted by atomic mass is 16.4. The summed E-state index contributed by atoms with van der Waals surface area (Å²) in [5.41, 5.74) is 8.48. The molecule has 6 aliphatic rings. The van der Waals surface area contributed by atoms with Crippen LogP contribution in [0.25, 0.3) is 11.0 Å². The molecule has 8 heteroatoms. The number of fused-ring (bicyclic) bond motifs is 1. The van der Waals surface area contributed by atoms with E-state index in [1.165, 1.54) is 32.1 Å². The maximum absolute atomic E-state index is 13.8. The quantitative estimate of drug-likeness (QED) is 0.642. The molecule has 2 bridgehead atoms. The second-order valence-electron chi connectivity index (χ2n) is 12.1. The molecule has 2 aliphatic heterocycles. The van der Waals surface area contributed by atoms with Gasteiger partial charge in [-0.1, -0.05) is 12.1 Å². The maximum Gasteiger partial charge on any atom is 0.327 e. The molecule has 3 N–H and O–H groups in total. The average Bonchev–Trinajstić information content (AvgIpc) is 3.64. The Hall–Kier alpha value is -2.87. The number of carboxylic acids is 1. The third kappa shape index (κ3) is 3.06. The Labute approximate surface area is 210 Å². The molecule has 6 fully saturated rings. The van der Waals surface area contributed by atoms with Crippen LogP contribution in [0, 0.1) is 17.3 Å². The van der Waals surface area contributed by atoms with Crippen molar-refractivity contribution in [1.82, 2.24) is 14.5 Å². The van der Waals surface area contributed by atoms with E-state index >= 15 is 0 Å². The van der Waals surface area contributed by atoms with E-state index in [2.05, 4.69) is 23.0 Å². The summed E-state index contributed by atoms with van der Waals surface area (Å²) in [6.07, 6.45) is 11.3. The fraction of sp³-hybridized carbons (Fsp3) is 0.607. The Morgan fingerprint density at radius 3 is 2.69 bits per heavy atom. The van der Waals surface area contributed by atoms with Crippen LogP contribution < -0.4 is 16.2 Å². The Morgan fingerprint density at radius 1 is 1.25 bits per heavy atom. The van der Waals surface area contributed by atoms with Gasteiger partial charge in [-0.25, -0.2) is 4.98 Å². The van der Waals surface area contributed by atoms with Crippen LogP contribution in [0.4, 0.5) is 5.82 Å². The Morgan fingerprint density at radius 2 is 2.00 bits per heavy atom. The van der Waals surface area contributed by atoms with Crippen molar-refractivity contribution in [2.75, 3.05) is 24.5 Å². The van der Waals surface area contributed by atoms with Gasteiger partial charge < -0.3 is 25.2 Å². The summed E-state index contributed by atoms with van der Waals surface area (Å²) >= 11 is 0. The third-order valence-corrected chi connectivity index (χ3v) is 9.98. The molecule has 1 aromatic heterocycles. The summed E-state index contributed by atoms with van der Waals surface area (Å²) in [5.74, 6) is 0.967. The van der Waals surface area contributed by atoms with Gasteiger partial charge in [0, 0.05) is 18.6 Å². The van der Waals surface area contributed by atoms with Crippen LogP contribution in [0.5, 0.6) is 0 Å². The number of nitrogens with two attached hydrogens (primary N) is 1. The molecule has 36 heavy (non-hydrogen) atoms. The van der Waals surface area contributed by atoms with E-state index in [-0.39, 0.29) is 24.7 Å². The number of hydrogen-bond donors (Lipinski definition) is 2. The zero-order valence-corrected chi connectivity index (χ0v) is 20.9. The molecule has 4 atom stereocenters. The van der Waals surface area contributed by atoms with Crippen molar-refractivity contribution in [2.45, 2.75) is 69.5 Å². The van der Waals surface area contributed by atoms with Crippen molar-refractivity contribution >= 4 is 22.8 Å². The molecule has 0 amide bonds. The van der Waals surface area contributed by atoms with Crippen molar-refractivity contribution in [1.29, 1.82) is 0 Å². The number of carbonyl (C=O) groups is 1. The first-order chi connectivity index (χ1) is 17.3. The number of aliphatic carboxylic acids is 1. The number of rotatable bonds is 6. The summed E-state index contributed by atoms with van der Waals surface area (Å²) < 4.78 is 1.88. The number of allylic oxidation sites excluding steroid dienone is 1. The number of anilines is 1. The zero-order valence-electron chi connectivity index (χ0n) is 20.9. The molecular formula is C28H35N5O3. The topological polar surface area (TPSA) is 105 Å². The highest BCUT2D eigenvalue weighted by Gasteiger charge is 2.73. The Bertz CT molecular complexity index is 1320. The van der Waals surface area contributed by atoms with E-state index in [4.69, 9.17) is 5.73 Å². The van der Waals surface area contributed by atoms with Crippen LogP contribution in [0.3, 0.4) is 0 Å². The first-order valence-corrected chi connectivity index (χ1v) is 13.6. The molecule has 2 unspecified atom stereocenters. The minimum atomic E-state index is -1.33. The van der Waals surface area contributed by atoms with E-state index in [1.807, 2.05) is 28.8 Å². The fourth-order valence-electron chi connectivity index (χ4n) is 7.57. The first-order valence-electron chi connectivity index (χ1n) is 13.6. The molecular weight excluding hydrogens is 454 g/mol. The van der Waals surface area contributed by atoms with Crippen molar-refractivity contribution in [3.05, 3.63) is 46.4 Å². The largest absolute Gasteiger partial charge is 0.480 e. The molecule has 2 aromatic rings. The number of aromatic nitrogens is 2. The lowest BCUT2D eigenvalue weighted by Gasteiger charge is -2.63. The van der Waals surface area contributed by atoms with Gasteiger partial charge in [-0.3, -0.25) is 9.59 Å². The van der Waals surface area contributed by atoms with Gasteiger partial charge in [0.05, 0.1) is 24.1 Å². The minimum Gasteiger partial charge on any atom is -0.480 e. The number of para-hydroxylation sites is 2. The molecule has 4 saturated carbocycles. The van der Waals surface area contributed by atoms with E-state index in [0.29, 0.717) is 11.9 Å². The third-order valence-electron chi connectivity index (χ3n) is 9.98. The Kier molecular flexibility index (Phi) is 4.70. The predicted octanol–water partition coefficient (Wildman–Crippen LogP) is 3.12. The van der Waals surface area contributed by atoms with E-state index in [9.17, 15) is 14.7 Å².